The molecule has 0 aromatic carbocycles. The largest absolute Gasteiger partial charge is 0.394 e. The lowest BCUT2D eigenvalue weighted by molar-refractivity contribution is -0.0523. The van der Waals surface area contributed by atoms with Crippen LogP contribution in [0.25, 0.3) is 0 Å². The average molecular weight is 257 g/mol. The molecule has 1 aromatic rings. The van der Waals surface area contributed by atoms with Crippen molar-refractivity contribution >= 4 is 5.95 Å². The molecule has 1 aliphatic heterocycles. The molecule has 5 N–H and O–H groups in total. The van der Waals surface area contributed by atoms with Gasteiger partial charge in [0.05, 0.1) is 6.61 Å². The Kier molecular flexibility index (Phi) is 3.35. The summed E-state index contributed by atoms with van der Waals surface area (Å²) in [7, 11) is 0. The smallest absolute Gasteiger partial charge is 0.277 e. The molecule has 8 nitrogen and oxygen atoms in total. The summed E-state index contributed by atoms with van der Waals surface area (Å²) in [4.78, 5) is 14.9. The fourth-order valence-electron chi connectivity index (χ4n) is 1.89. The Balaban J connectivity index is 2.38. The first kappa shape index (κ1) is 13.0. The number of aryl methyl sites for hydroxylation is 1. The number of nitrogen functional groups attached to an aromatic ring is 1. The molecule has 0 amide bonds. The Hall–Kier alpha value is -1.48. The van der Waals surface area contributed by atoms with Crippen molar-refractivity contribution in [2.24, 2.45) is 0 Å². The van der Waals surface area contributed by atoms with Crippen molar-refractivity contribution in [3.8, 4) is 0 Å². The summed E-state index contributed by atoms with van der Waals surface area (Å²) in [5.41, 5.74) is 5.45. The van der Waals surface area contributed by atoms with Crippen molar-refractivity contribution in [1.82, 2.24) is 9.55 Å². The lowest BCUT2D eigenvalue weighted by atomic mass is 10.1. The molecule has 8 heteroatoms. The molecule has 0 saturated carbocycles. The van der Waals surface area contributed by atoms with Crippen LogP contribution >= 0.6 is 0 Å². The zero-order valence-corrected chi connectivity index (χ0v) is 9.72. The molecule has 1 unspecified atom stereocenters. The predicted molar refractivity (Wildman–Crippen MR) is 60.7 cm³/mol. The second kappa shape index (κ2) is 4.65. The van der Waals surface area contributed by atoms with Gasteiger partial charge in [-0.2, -0.15) is 4.98 Å². The molecule has 1 fully saturated rings. The second-order valence-corrected chi connectivity index (χ2v) is 4.22. The highest BCUT2D eigenvalue weighted by Crippen LogP contribution is 2.30. The molecular weight excluding hydrogens is 242 g/mol. The highest BCUT2D eigenvalue weighted by Gasteiger charge is 2.43. The Morgan fingerprint density at radius 2 is 2.17 bits per heavy atom. The number of nitrogens with two attached hydrogens (primary N) is 1. The number of aliphatic hydroxyl groups excluding tert-OH is 3. The van der Waals surface area contributed by atoms with Gasteiger partial charge in [-0.25, -0.2) is 0 Å². The van der Waals surface area contributed by atoms with Crippen LogP contribution in [0.2, 0.25) is 0 Å². The Bertz CT molecular complexity index is 503. The summed E-state index contributed by atoms with van der Waals surface area (Å²) in [6.45, 7) is 1.12. The molecule has 1 aliphatic rings. The maximum atomic E-state index is 11.3. The molecular formula is C10H15N3O5. The van der Waals surface area contributed by atoms with Gasteiger partial charge in [-0.3, -0.25) is 9.36 Å². The van der Waals surface area contributed by atoms with Crippen LogP contribution in [0.15, 0.2) is 11.0 Å². The van der Waals surface area contributed by atoms with Crippen LogP contribution in [0.1, 0.15) is 11.8 Å². The first-order valence-corrected chi connectivity index (χ1v) is 5.43. The summed E-state index contributed by atoms with van der Waals surface area (Å²) in [5.74, 6) is -0.125. The summed E-state index contributed by atoms with van der Waals surface area (Å²) >= 11 is 0. The lowest BCUT2D eigenvalue weighted by Crippen LogP contribution is -2.33. The third kappa shape index (κ3) is 1.99. The predicted octanol–water partition coefficient (Wildman–Crippen LogP) is -2.25. The summed E-state index contributed by atoms with van der Waals surface area (Å²) in [6, 6.07) is 0. The zero-order valence-electron chi connectivity index (χ0n) is 9.72. The van der Waals surface area contributed by atoms with Gasteiger partial charge in [-0.15, -0.1) is 0 Å². The van der Waals surface area contributed by atoms with Crippen LogP contribution in [0.4, 0.5) is 5.95 Å². The lowest BCUT2D eigenvalue weighted by Gasteiger charge is -2.20. The standard InChI is InChI=1S/C10H15N3O5/c1-4-2-13(10(11)12-8(4)17)9-7(16)6(15)5(3-14)18-9/h2,5-7,9,14-16H,3H2,1H3,(H2,11,12,17)/t5-,6?,7-,9-/m1/s1. The van der Waals surface area contributed by atoms with Crippen molar-refractivity contribution in [2.75, 3.05) is 12.3 Å². The third-order valence-corrected chi connectivity index (χ3v) is 2.94. The topological polar surface area (TPSA) is 131 Å². The van der Waals surface area contributed by atoms with Gasteiger partial charge < -0.3 is 25.8 Å². The molecule has 0 spiro atoms. The van der Waals surface area contributed by atoms with Gasteiger partial charge >= 0.3 is 0 Å². The second-order valence-electron chi connectivity index (χ2n) is 4.22. The number of hydrogen-bond acceptors (Lipinski definition) is 7. The Morgan fingerprint density at radius 1 is 1.50 bits per heavy atom. The molecule has 1 saturated heterocycles. The SMILES string of the molecule is Cc1cn([C@@H]2O[C@H](CO)C(O)[C@H]2O)c(N)nc1=O. The number of aliphatic hydroxyl groups is 3. The Morgan fingerprint density at radius 3 is 2.72 bits per heavy atom. The van der Waals surface area contributed by atoms with E-state index in [1.807, 2.05) is 0 Å². The van der Waals surface area contributed by atoms with Crippen molar-refractivity contribution in [1.29, 1.82) is 0 Å². The minimum atomic E-state index is -1.26. The summed E-state index contributed by atoms with van der Waals surface area (Å²) in [5, 5.41) is 28.4. The fraction of sp³-hybridized carbons (Fsp3) is 0.600. The number of ether oxygens (including phenoxy) is 1. The van der Waals surface area contributed by atoms with Gasteiger partial charge in [0.25, 0.3) is 5.56 Å². The van der Waals surface area contributed by atoms with E-state index in [0.29, 0.717) is 5.56 Å². The van der Waals surface area contributed by atoms with Crippen LogP contribution < -0.4 is 11.3 Å². The van der Waals surface area contributed by atoms with Crippen LogP contribution in [-0.4, -0.2) is 49.8 Å². The number of aromatic nitrogens is 2. The van der Waals surface area contributed by atoms with Gasteiger partial charge in [0.2, 0.25) is 5.95 Å². The molecule has 1 aromatic heterocycles. The van der Waals surface area contributed by atoms with Gasteiger partial charge in [0.15, 0.2) is 6.23 Å². The van der Waals surface area contributed by atoms with Crippen LogP contribution in [0, 0.1) is 6.92 Å². The normalized spacial score (nSPS) is 31.8. The quantitative estimate of drug-likeness (QED) is 0.470. The molecule has 100 valence electrons. The zero-order chi connectivity index (χ0) is 13.4. The molecule has 2 heterocycles. The third-order valence-electron chi connectivity index (χ3n) is 2.94. The van der Waals surface area contributed by atoms with E-state index < -0.39 is 36.7 Å². The summed E-state index contributed by atoms with van der Waals surface area (Å²) < 4.78 is 6.55. The van der Waals surface area contributed by atoms with Crippen LogP contribution in [0.5, 0.6) is 0 Å². The Labute approximate surface area is 102 Å². The monoisotopic (exact) mass is 257 g/mol. The van der Waals surface area contributed by atoms with E-state index in [1.165, 1.54) is 10.8 Å². The first-order valence-electron chi connectivity index (χ1n) is 5.43. The van der Waals surface area contributed by atoms with E-state index in [9.17, 15) is 15.0 Å². The van der Waals surface area contributed by atoms with E-state index >= 15 is 0 Å². The summed E-state index contributed by atoms with van der Waals surface area (Å²) in [6.07, 6.45) is -2.97. The van der Waals surface area contributed by atoms with Crippen molar-refractivity contribution in [2.45, 2.75) is 31.5 Å². The van der Waals surface area contributed by atoms with Gasteiger partial charge in [-0.1, -0.05) is 0 Å². The average Bonchev–Trinajstić information content (AvgIpc) is 2.61. The van der Waals surface area contributed by atoms with Crippen LogP contribution in [0.3, 0.4) is 0 Å². The highest BCUT2D eigenvalue weighted by molar-refractivity contribution is 5.21. The van der Waals surface area contributed by atoms with E-state index in [4.69, 9.17) is 15.6 Å². The minimum Gasteiger partial charge on any atom is -0.394 e. The van der Waals surface area contributed by atoms with Gasteiger partial charge in [0.1, 0.15) is 18.3 Å². The van der Waals surface area contributed by atoms with Gasteiger partial charge in [0, 0.05) is 11.8 Å². The van der Waals surface area contributed by atoms with Crippen molar-refractivity contribution < 1.29 is 20.1 Å². The minimum absolute atomic E-state index is 0.125. The van der Waals surface area contributed by atoms with E-state index in [2.05, 4.69) is 4.98 Å². The number of hydrogen-bond donors (Lipinski definition) is 4. The molecule has 0 radical (unpaired) electrons. The number of nitrogens with zero attached hydrogens (tertiary/aromatic N) is 2. The highest BCUT2D eigenvalue weighted by atomic mass is 16.6. The number of anilines is 1. The molecule has 4 atom stereocenters. The molecule has 0 bridgehead atoms. The maximum Gasteiger partial charge on any atom is 0.277 e. The van der Waals surface area contributed by atoms with E-state index in [1.54, 1.807) is 6.92 Å². The number of rotatable bonds is 2. The first-order chi connectivity index (χ1) is 8.45. The van der Waals surface area contributed by atoms with Gasteiger partial charge in [-0.05, 0) is 6.92 Å². The van der Waals surface area contributed by atoms with E-state index in [-0.39, 0.29) is 5.95 Å². The van der Waals surface area contributed by atoms with Crippen molar-refractivity contribution in [3.63, 3.8) is 0 Å². The fourth-order valence-corrected chi connectivity index (χ4v) is 1.89. The maximum absolute atomic E-state index is 11.3. The van der Waals surface area contributed by atoms with Crippen LogP contribution in [-0.2, 0) is 4.74 Å². The molecule has 2 rings (SSSR count). The van der Waals surface area contributed by atoms with Crippen molar-refractivity contribution in [3.05, 3.63) is 22.1 Å². The molecule has 0 aliphatic carbocycles. The molecule has 18 heavy (non-hydrogen) atoms. The van der Waals surface area contributed by atoms with E-state index in [0.717, 1.165) is 0 Å².